The van der Waals surface area contributed by atoms with Crippen molar-refractivity contribution in [1.29, 1.82) is 0 Å². The standard InChI is InChI=1S/C22H15BrN6O6/c23-13-6-9-18-16(10-13)21(22(31)27(18)12-20(30)24-14-4-2-1-3-5-14)26-25-17-8-7-15(28(32)33)11-19(17)29(34)35/h1-11,31H,12H2,(H,24,30)/p-1. The zero-order valence-corrected chi connectivity index (χ0v) is 19.2. The fraction of sp³-hybridized carbons (Fsp3) is 0.0455. The van der Waals surface area contributed by atoms with Gasteiger partial charge in [-0.1, -0.05) is 34.1 Å². The first-order valence-electron chi connectivity index (χ1n) is 9.93. The van der Waals surface area contributed by atoms with Crippen molar-refractivity contribution in [2.24, 2.45) is 10.2 Å². The summed E-state index contributed by atoms with van der Waals surface area (Å²) in [5.74, 6) is -1.07. The van der Waals surface area contributed by atoms with Gasteiger partial charge < -0.3 is 15.0 Å². The van der Waals surface area contributed by atoms with E-state index in [2.05, 4.69) is 31.5 Å². The third kappa shape index (κ3) is 4.99. The normalized spacial score (nSPS) is 11.1. The summed E-state index contributed by atoms with van der Waals surface area (Å²) >= 11 is 3.33. The van der Waals surface area contributed by atoms with Crippen LogP contribution in [0.25, 0.3) is 10.9 Å². The molecule has 3 aromatic carbocycles. The number of halogens is 1. The number of hydrogen-bond donors (Lipinski definition) is 1. The molecular weight excluding hydrogens is 524 g/mol. The summed E-state index contributed by atoms with van der Waals surface area (Å²) in [5, 5.41) is 46.3. The van der Waals surface area contributed by atoms with Crippen LogP contribution >= 0.6 is 15.9 Å². The smallest absolute Gasteiger partial charge is 0.303 e. The van der Waals surface area contributed by atoms with Gasteiger partial charge in [-0.25, -0.2) is 0 Å². The van der Waals surface area contributed by atoms with E-state index in [-0.39, 0.29) is 17.9 Å². The van der Waals surface area contributed by atoms with Gasteiger partial charge in [-0.15, -0.1) is 10.2 Å². The summed E-state index contributed by atoms with van der Waals surface area (Å²) in [6, 6.07) is 16.5. The highest BCUT2D eigenvalue weighted by molar-refractivity contribution is 9.10. The van der Waals surface area contributed by atoms with Gasteiger partial charge in [0.2, 0.25) is 5.91 Å². The molecule has 0 unspecified atom stereocenters. The minimum Gasteiger partial charge on any atom is -0.858 e. The van der Waals surface area contributed by atoms with E-state index in [1.54, 1.807) is 48.5 Å². The van der Waals surface area contributed by atoms with Crippen molar-refractivity contribution in [3.05, 3.63) is 91.4 Å². The summed E-state index contributed by atoms with van der Waals surface area (Å²) < 4.78 is 1.85. The average Bonchev–Trinajstić information content (AvgIpc) is 3.07. The Morgan fingerprint density at radius 2 is 1.71 bits per heavy atom. The van der Waals surface area contributed by atoms with Gasteiger partial charge >= 0.3 is 5.69 Å². The van der Waals surface area contributed by atoms with E-state index in [9.17, 15) is 30.1 Å². The van der Waals surface area contributed by atoms with E-state index in [0.29, 0.717) is 21.1 Å². The lowest BCUT2D eigenvalue weighted by Gasteiger charge is -2.14. The van der Waals surface area contributed by atoms with E-state index >= 15 is 0 Å². The molecule has 1 heterocycles. The lowest BCUT2D eigenvalue weighted by atomic mass is 10.2. The molecule has 0 radical (unpaired) electrons. The largest absolute Gasteiger partial charge is 0.858 e. The highest BCUT2D eigenvalue weighted by Crippen LogP contribution is 2.40. The maximum absolute atomic E-state index is 13.2. The van der Waals surface area contributed by atoms with E-state index < -0.39 is 33.0 Å². The number of carbonyl (C=O) groups is 1. The number of anilines is 1. The van der Waals surface area contributed by atoms with Gasteiger partial charge in [0, 0.05) is 21.6 Å². The van der Waals surface area contributed by atoms with E-state index in [1.165, 1.54) is 4.57 Å². The van der Waals surface area contributed by atoms with Gasteiger partial charge in [0.25, 0.3) is 5.69 Å². The van der Waals surface area contributed by atoms with E-state index in [1.807, 2.05) is 0 Å². The van der Waals surface area contributed by atoms with Crippen molar-refractivity contribution in [3.63, 3.8) is 0 Å². The molecule has 0 atom stereocenters. The molecule has 0 spiro atoms. The van der Waals surface area contributed by atoms with Crippen LogP contribution < -0.4 is 10.4 Å². The van der Waals surface area contributed by atoms with Crippen LogP contribution in [0.5, 0.6) is 5.88 Å². The number of non-ortho nitro benzene ring substituents is 1. The molecule has 13 heteroatoms. The van der Waals surface area contributed by atoms with Crippen LogP contribution in [0.4, 0.5) is 28.4 Å². The fourth-order valence-corrected chi connectivity index (χ4v) is 3.73. The van der Waals surface area contributed by atoms with Crippen molar-refractivity contribution in [3.8, 4) is 5.88 Å². The zero-order chi connectivity index (χ0) is 25.1. The van der Waals surface area contributed by atoms with Crippen molar-refractivity contribution in [2.45, 2.75) is 6.54 Å². The molecule has 12 nitrogen and oxygen atoms in total. The minimum absolute atomic E-state index is 0.138. The summed E-state index contributed by atoms with van der Waals surface area (Å²) in [6.07, 6.45) is 0. The lowest BCUT2D eigenvalue weighted by molar-refractivity contribution is -0.393. The van der Waals surface area contributed by atoms with Crippen molar-refractivity contribution in [1.82, 2.24) is 4.57 Å². The first-order valence-corrected chi connectivity index (χ1v) is 10.7. The molecule has 0 fully saturated rings. The van der Waals surface area contributed by atoms with Crippen molar-refractivity contribution in [2.75, 3.05) is 5.32 Å². The Morgan fingerprint density at radius 1 is 0.971 bits per heavy atom. The summed E-state index contributed by atoms with van der Waals surface area (Å²) in [5.41, 5.74) is -0.546. The fourth-order valence-electron chi connectivity index (χ4n) is 3.37. The summed E-state index contributed by atoms with van der Waals surface area (Å²) in [4.78, 5) is 33.3. The molecule has 0 bridgehead atoms. The minimum atomic E-state index is -0.826. The van der Waals surface area contributed by atoms with E-state index in [0.717, 1.165) is 18.2 Å². The predicted molar refractivity (Wildman–Crippen MR) is 128 cm³/mol. The molecule has 176 valence electrons. The number of hydrogen-bond acceptors (Lipinski definition) is 8. The Bertz CT molecular complexity index is 1500. The molecule has 1 aromatic heterocycles. The zero-order valence-electron chi connectivity index (χ0n) is 17.6. The monoisotopic (exact) mass is 537 g/mol. The summed E-state index contributed by atoms with van der Waals surface area (Å²) in [6.45, 7) is -0.306. The number of amides is 1. The highest BCUT2D eigenvalue weighted by atomic mass is 79.9. The van der Waals surface area contributed by atoms with Gasteiger partial charge in [-0.3, -0.25) is 25.0 Å². The van der Waals surface area contributed by atoms with E-state index in [4.69, 9.17) is 0 Å². The average molecular weight is 538 g/mol. The van der Waals surface area contributed by atoms with Gasteiger partial charge in [-0.05, 0) is 42.3 Å². The molecule has 0 aliphatic carbocycles. The first-order chi connectivity index (χ1) is 16.7. The Kier molecular flexibility index (Phi) is 6.51. The SMILES string of the molecule is O=C(Cn1c([O-])c(N=Nc2ccc([N+](=O)[O-])cc2[N+](=O)[O-])c2cc(Br)ccc21)Nc1ccccc1. The molecule has 0 aliphatic heterocycles. The topological polar surface area (TPSA) is 168 Å². The third-order valence-electron chi connectivity index (χ3n) is 4.94. The maximum atomic E-state index is 13.2. The Labute approximate surface area is 205 Å². The number of rotatable bonds is 7. The number of nitro groups is 2. The molecule has 4 rings (SSSR count). The number of nitro benzene ring substituents is 2. The second-order valence-electron chi connectivity index (χ2n) is 7.20. The third-order valence-corrected chi connectivity index (χ3v) is 5.43. The number of para-hydroxylation sites is 1. The Hall–Kier alpha value is -4.65. The van der Waals surface area contributed by atoms with Gasteiger partial charge in [0.1, 0.15) is 12.2 Å². The number of aromatic nitrogens is 1. The number of nitrogens with zero attached hydrogens (tertiary/aromatic N) is 5. The van der Waals surface area contributed by atoms with Crippen LogP contribution in [0.15, 0.2) is 81.4 Å². The number of carbonyl (C=O) groups excluding carboxylic acids is 1. The predicted octanol–water partition coefficient (Wildman–Crippen LogP) is 5.35. The molecule has 1 amide bonds. The molecule has 0 saturated carbocycles. The lowest BCUT2D eigenvalue weighted by Crippen LogP contribution is -2.19. The number of azo groups is 1. The quantitative estimate of drug-likeness (QED) is 0.189. The van der Waals surface area contributed by atoms with Crippen LogP contribution in [0, 0.1) is 20.2 Å². The maximum Gasteiger partial charge on any atom is 0.303 e. The van der Waals surface area contributed by atoms with Gasteiger partial charge in [0.05, 0.1) is 21.4 Å². The van der Waals surface area contributed by atoms with Crippen LogP contribution in [0.2, 0.25) is 0 Å². The van der Waals surface area contributed by atoms with Crippen LogP contribution in [-0.2, 0) is 11.3 Å². The molecule has 1 N–H and O–H groups in total. The van der Waals surface area contributed by atoms with Gasteiger partial charge in [0.15, 0.2) is 5.69 Å². The van der Waals surface area contributed by atoms with Crippen molar-refractivity contribution >= 4 is 61.2 Å². The Morgan fingerprint density at radius 3 is 2.40 bits per heavy atom. The molecule has 35 heavy (non-hydrogen) atoms. The molecule has 0 aliphatic rings. The number of benzene rings is 3. The first kappa shape index (κ1) is 23.5. The number of fused-ring (bicyclic) bond motifs is 1. The Balaban J connectivity index is 1.73. The van der Waals surface area contributed by atoms with Crippen LogP contribution in [-0.4, -0.2) is 20.3 Å². The van der Waals surface area contributed by atoms with Crippen LogP contribution in [0.1, 0.15) is 0 Å². The van der Waals surface area contributed by atoms with Gasteiger partial charge in [-0.2, -0.15) is 0 Å². The van der Waals surface area contributed by atoms with Crippen LogP contribution in [0.3, 0.4) is 0 Å². The second kappa shape index (κ2) is 9.69. The van der Waals surface area contributed by atoms with Crippen molar-refractivity contribution < 1.29 is 19.7 Å². The molecular formula is C22H14BrN6O6-. The molecule has 0 saturated heterocycles. The number of nitrogens with one attached hydrogen (secondary N) is 1. The summed E-state index contributed by atoms with van der Waals surface area (Å²) in [7, 11) is 0. The second-order valence-corrected chi connectivity index (χ2v) is 8.12. The molecule has 4 aromatic rings. The highest BCUT2D eigenvalue weighted by Gasteiger charge is 2.20.